The first kappa shape index (κ1) is 29.8. The fourth-order valence-electron chi connectivity index (χ4n) is 5.06. The Morgan fingerprint density at radius 3 is 2.39 bits per heavy atom. The molecule has 0 saturated carbocycles. The summed E-state index contributed by atoms with van der Waals surface area (Å²) in [6.45, 7) is 8.52. The van der Waals surface area contributed by atoms with E-state index in [2.05, 4.69) is 20.6 Å². The fraction of sp³-hybridized carbons (Fsp3) is 0.517. The van der Waals surface area contributed by atoms with Crippen LogP contribution in [0.5, 0.6) is 5.75 Å². The van der Waals surface area contributed by atoms with Crippen molar-refractivity contribution in [3.05, 3.63) is 48.3 Å². The van der Waals surface area contributed by atoms with Gasteiger partial charge in [-0.15, -0.1) is 0 Å². The number of aromatic nitrogens is 2. The third-order valence-corrected chi connectivity index (χ3v) is 7.20. The van der Waals surface area contributed by atoms with E-state index >= 15 is 0 Å². The number of rotatable bonds is 5. The lowest BCUT2D eigenvalue weighted by Gasteiger charge is -2.36. The molecule has 4 amide bonds. The predicted octanol–water partition coefficient (Wildman–Crippen LogP) is 1.09. The first-order chi connectivity index (χ1) is 19.8. The highest BCUT2D eigenvalue weighted by molar-refractivity contribution is 6.01. The van der Waals surface area contributed by atoms with Crippen LogP contribution in [0.15, 0.2) is 42.7 Å². The highest BCUT2D eigenvalue weighted by Crippen LogP contribution is 2.20. The molecule has 2 aliphatic heterocycles. The van der Waals surface area contributed by atoms with Gasteiger partial charge in [0.1, 0.15) is 24.4 Å². The van der Waals surface area contributed by atoms with Gasteiger partial charge in [0.15, 0.2) is 0 Å². The lowest BCUT2D eigenvalue weighted by molar-refractivity contribution is -0.138. The van der Waals surface area contributed by atoms with Gasteiger partial charge in [-0.2, -0.15) is 0 Å². The van der Waals surface area contributed by atoms with Gasteiger partial charge in [-0.05, 0) is 37.5 Å². The van der Waals surface area contributed by atoms with Gasteiger partial charge in [-0.25, -0.2) is 9.97 Å². The Kier molecular flexibility index (Phi) is 10.1. The highest BCUT2D eigenvalue weighted by atomic mass is 16.5. The molecular weight excluding hydrogens is 526 g/mol. The minimum Gasteiger partial charge on any atom is -0.491 e. The van der Waals surface area contributed by atoms with Crippen LogP contribution in [0.4, 0.5) is 5.95 Å². The maximum atomic E-state index is 13.7. The minimum atomic E-state index is -1.13. The number of nitrogens with zero attached hydrogens (tertiary/aromatic N) is 5. The zero-order chi connectivity index (χ0) is 29.4. The molecule has 2 N–H and O–H groups in total. The van der Waals surface area contributed by atoms with Crippen LogP contribution < -0.4 is 20.3 Å². The quantitative estimate of drug-likeness (QED) is 0.550. The second-order valence-corrected chi connectivity index (χ2v) is 10.6. The van der Waals surface area contributed by atoms with Gasteiger partial charge in [-0.3, -0.25) is 19.2 Å². The van der Waals surface area contributed by atoms with Gasteiger partial charge in [0.05, 0.1) is 18.5 Å². The van der Waals surface area contributed by atoms with Crippen LogP contribution in [-0.4, -0.2) is 101 Å². The average molecular weight is 566 g/mol. The van der Waals surface area contributed by atoms with Crippen molar-refractivity contribution in [2.75, 3.05) is 50.8 Å². The molecule has 0 unspecified atom stereocenters. The maximum Gasteiger partial charge on any atom is 0.255 e. The van der Waals surface area contributed by atoms with Gasteiger partial charge >= 0.3 is 0 Å². The third-order valence-electron chi connectivity index (χ3n) is 7.20. The smallest absolute Gasteiger partial charge is 0.255 e. The predicted molar refractivity (Wildman–Crippen MR) is 152 cm³/mol. The number of anilines is 1. The summed E-state index contributed by atoms with van der Waals surface area (Å²) in [5, 5.41) is 5.63. The standard InChI is InChI=1S/C29H39N7O5/c1-4-34-16-17-41-24-9-6-5-8-21(24)26(38)33-23(19-25(37)32-22(27(34)39)18-20(2)3)28(40)35-12-14-36(15-13-35)29-30-10-7-11-31-29/h5-11,20,22-23H,4,12-19H2,1-3H3,(H,32,37)(H,33,38)/t22-,23-/m0/s1. The third kappa shape index (κ3) is 7.71. The zero-order valence-corrected chi connectivity index (χ0v) is 23.9. The molecule has 0 spiro atoms. The number of piperazine rings is 1. The molecule has 3 heterocycles. The molecule has 0 aliphatic carbocycles. The molecule has 0 radical (unpaired) electrons. The number of ether oxygens (including phenoxy) is 1. The summed E-state index contributed by atoms with van der Waals surface area (Å²) in [6, 6.07) is 6.61. The van der Waals surface area contributed by atoms with Crippen LogP contribution >= 0.6 is 0 Å². The van der Waals surface area contributed by atoms with E-state index in [1.165, 1.54) is 0 Å². The second kappa shape index (κ2) is 13.9. The summed E-state index contributed by atoms with van der Waals surface area (Å²) in [5.74, 6) is -0.477. The normalized spacial score (nSPS) is 21.0. The van der Waals surface area contributed by atoms with Crippen molar-refractivity contribution in [3.8, 4) is 5.75 Å². The molecular formula is C29H39N7O5. The number of para-hydroxylation sites is 1. The molecule has 12 heteroatoms. The minimum absolute atomic E-state index is 0.145. The topological polar surface area (TPSA) is 137 Å². The van der Waals surface area contributed by atoms with Crippen molar-refractivity contribution in [1.29, 1.82) is 0 Å². The van der Waals surface area contributed by atoms with Crippen LogP contribution in [0.25, 0.3) is 0 Å². The molecule has 12 nitrogen and oxygen atoms in total. The number of likely N-dealkylation sites (N-methyl/N-ethyl adjacent to an activating group) is 1. The summed E-state index contributed by atoms with van der Waals surface area (Å²) in [7, 11) is 0. The van der Waals surface area contributed by atoms with Gasteiger partial charge in [0, 0.05) is 45.1 Å². The number of amides is 4. The molecule has 1 saturated heterocycles. The van der Waals surface area contributed by atoms with E-state index in [9.17, 15) is 19.2 Å². The van der Waals surface area contributed by atoms with E-state index in [0.29, 0.717) is 57.4 Å². The van der Waals surface area contributed by atoms with E-state index < -0.39 is 23.9 Å². The number of fused-ring (bicyclic) bond motifs is 1. The van der Waals surface area contributed by atoms with Crippen LogP contribution in [0, 0.1) is 5.92 Å². The van der Waals surface area contributed by atoms with E-state index in [4.69, 9.17) is 4.74 Å². The first-order valence-electron chi connectivity index (χ1n) is 14.2. The SMILES string of the molecule is CCN1CCOc2ccccc2C(=O)N[C@H](C(=O)N2CCN(c3ncccn3)CC2)CC(=O)N[C@@H](CC(C)C)C1=O. The van der Waals surface area contributed by atoms with Gasteiger partial charge in [0.25, 0.3) is 5.91 Å². The second-order valence-electron chi connectivity index (χ2n) is 10.6. The van der Waals surface area contributed by atoms with Crippen LogP contribution in [0.1, 0.15) is 44.0 Å². The van der Waals surface area contributed by atoms with Crippen LogP contribution in [0.2, 0.25) is 0 Å². The molecule has 1 aromatic carbocycles. The molecule has 41 heavy (non-hydrogen) atoms. The highest BCUT2D eigenvalue weighted by Gasteiger charge is 2.34. The maximum absolute atomic E-state index is 13.7. The van der Waals surface area contributed by atoms with Crippen LogP contribution in [-0.2, 0) is 14.4 Å². The number of hydrogen-bond donors (Lipinski definition) is 2. The Hall–Kier alpha value is -4.22. The van der Waals surface area contributed by atoms with Crippen molar-refractivity contribution >= 4 is 29.6 Å². The number of hydrogen-bond acceptors (Lipinski definition) is 8. The molecule has 1 aromatic heterocycles. The summed E-state index contributed by atoms with van der Waals surface area (Å²) in [5.41, 5.74) is 0.251. The molecule has 2 atom stereocenters. The Morgan fingerprint density at radius 1 is 1.00 bits per heavy atom. The average Bonchev–Trinajstić information content (AvgIpc) is 2.98. The van der Waals surface area contributed by atoms with E-state index in [-0.39, 0.29) is 36.3 Å². The monoisotopic (exact) mass is 565 g/mol. The van der Waals surface area contributed by atoms with E-state index in [1.54, 1.807) is 52.5 Å². The molecule has 0 bridgehead atoms. The fourth-order valence-corrected chi connectivity index (χ4v) is 5.06. The number of carbonyl (C=O) groups is 4. The Labute approximate surface area is 240 Å². The van der Waals surface area contributed by atoms with Gasteiger partial charge in [0.2, 0.25) is 23.7 Å². The summed E-state index contributed by atoms with van der Waals surface area (Å²) >= 11 is 0. The lowest BCUT2D eigenvalue weighted by Crippen LogP contribution is -2.57. The zero-order valence-electron chi connectivity index (χ0n) is 23.9. The van der Waals surface area contributed by atoms with Crippen molar-refractivity contribution in [3.63, 3.8) is 0 Å². The van der Waals surface area contributed by atoms with Crippen molar-refractivity contribution < 1.29 is 23.9 Å². The molecule has 1 fully saturated rings. The lowest BCUT2D eigenvalue weighted by atomic mass is 10.0. The Balaban J connectivity index is 1.57. The molecule has 4 rings (SSSR count). The van der Waals surface area contributed by atoms with E-state index in [0.717, 1.165) is 0 Å². The van der Waals surface area contributed by atoms with Crippen LogP contribution in [0.3, 0.4) is 0 Å². The summed E-state index contributed by atoms with van der Waals surface area (Å²) in [6.07, 6.45) is 3.48. The largest absolute Gasteiger partial charge is 0.491 e. The summed E-state index contributed by atoms with van der Waals surface area (Å²) in [4.78, 5) is 67.7. The number of carbonyl (C=O) groups excluding carboxylic acids is 4. The molecule has 220 valence electrons. The number of nitrogens with one attached hydrogen (secondary N) is 2. The van der Waals surface area contributed by atoms with Gasteiger partial charge in [-0.1, -0.05) is 26.0 Å². The molecule has 2 aliphatic rings. The number of benzene rings is 1. The Morgan fingerprint density at radius 2 is 1.71 bits per heavy atom. The van der Waals surface area contributed by atoms with Crippen molar-refractivity contribution in [1.82, 2.24) is 30.4 Å². The van der Waals surface area contributed by atoms with Gasteiger partial charge < -0.3 is 30.1 Å². The van der Waals surface area contributed by atoms with Crippen molar-refractivity contribution in [2.24, 2.45) is 5.92 Å². The Bertz CT molecular complexity index is 1220. The molecule has 2 aromatic rings. The first-order valence-corrected chi connectivity index (χ1v) is 14.2. The van der Waals surface area contributed by atoms with Crippen molar-refractivity contribution in [2.45, 2.75) is 45.7 Å². The summed E-state index contributed by atoms with van der Waals surface area (Å²) < 4.78 is 5.93. The van der Waals surface area contributed by atoms with E-state index in [1.807, 2.05) is 25.7 Å².